The second-order valence-electron chi connectivity index (χ2n) is 4.42. The Hall–Kier alpha value is -2.25. The third kappa shape index (κ3) is 4.97. The van der Waals surface area contributed by atoms with Crippen molar-refractivity contribution in [3.8, 4) is 0 Å². The molecule has 116 valence electrons. The summed E-state index contributed by atoms with van der Waals surface area (Å²) in [5, 5.41) is 13.9. The third-order valence-corrected chi connectivity index (χ3v) is 2.86. The van der Waals surface area contributed by atoms with E-state index in [1.165, 1.54) is 12.1 Å². The maximum atomic E-state index is 12.4. The molecule has 0 aromatic heterocycles. The van der Waals surface area contributed by atoms with E-state index in [-0.39, 0.29) is 12.3 Å². The number of amides is 1. The van der Waals surface area contributed by atoms with Gasteiger partial charge in [-0.05, 0) is 24.1 Å². The van der Waals surface area contributed by atoms with Gasteiger partial charge in [-0.1, -0.05) is 24.2 Å². The van der Waals surface area contributed by atoms with Crippen LogP contribution in [-0.2, 0) is 17.4 Å². The number of benzene rings is 1. The number of hydrogen-bond donors (Lipinski definition) is 3. The van der Waals surface area contributed by atoms with E-state index in [0.717, 1.165) is 12.1 Å². The van der Waals surface area contributed by atoms with Crippen molar-refractivity contribution in [2.75, 3.05) is 0 Å². The van der Waals surface area contributed by atoms with Gasteiger partial charge in [-0.3, -0.25) is 4.79 Å². The molecule has 0 spiro atoms. The molecule has 0 saturated heterocycles. The first-order chi connectivity index (χ1) is 9.77. The fourth-order valence-electron chi connectivity index (χ4n) is 1.70. The molecule has 0 aliphatic heterocycles. The molecule has 0 aliphatic rings. The molecule has 1 unspecified atom stereocenters. The number of alkyl halides is 3. The highest BCUT2D eigenvalue weighted by Gasteiger charge is 2.30. The maximum absolute atomic E-state index is 12.4. The fraction of sp³-hybridized carbons (Fsp3) is 0.385. The first-order valence-corrected chi connectivity index (χ1v) is 6.20. The molecule has 21 heavy (non-hydrogen) atoms. The highest BCUT2D eigenvalue weighted by Crippen LogP contribution is 2.29. The Bertz CT molecular complexity index is 512. The van der Waals surface area contributed by atoms with Gasteiger partial charge in [0.05, 0.1) is 18.0 Å². The van der Waals surface area contributed by atoms with Gasteiger partial charge in [-0.15, -0.1) is 0 Å². The number of nitrogens with zero attached hydrogens (tertiary/aromatic N) is 1. The molecule has 0 radical (unpaired) electrons. The predicted octanol–water partition coefficient (Wildman–Crippen LogP) is 1.89. The molecule has 5 nitrogen and oxygen atoms in total. The minimum Gasteiger partial charge on any atom is -0.409 e. The van der Waals surface area contributed by atoms with Crippen LogP contribution in [0.1, 0.15) is 24.5 Å². The second kappa shape index (κ2) is 6.96. The molecule has 1 aromatic rings. The van der Waals surface area contributed by atoms with E-state index in [1.54, 1.807) is 6.92 Å². The molecule has 1 aromatic carbocycles. The normalized spacial score (nSPS) is 13.8. The van der Waals surface area contributed by atoms with E-state index in [0.29, 0.717) is 12.0 Å². The lowest BCUT2D eigenvalue weighted by Crippen LogP contribution is -2.44. The van der Waals surface area contributed by atoms with Crippen LogP contribution in [-0.4, -0.2) is 23.0 Å². The lowest BCUT2D eigenvalue weighted by atomic mass is 10.1. The zero-order valence-corrected chi connectivity index (χ0v) is 11.3. The molecule has 0 aliphatic carbocycles. The van der Waals surface area contributed by atoms with Crippen LogP contribution in [0.15, 0.2) is 29.4 Å². The molecular weight excluding hydrogens is 287 g/mol. The van der Waals surface area contributed by atoms with Crippen molar-refractivity contribution < 1.29 is 23.2 Å². The summed E-state index contributed by atoms with van der Waals surface area (Å²) < 4.78 is 37.2. The van der Waals surface area contributed by atoms with E-state index in [2.05, 4.69) is 10.5 Å². The zero-order chi connectivity index (χ0) is 16.0. The van der Waals surface area contributed by atoms with Crippen LogP contribution in [0.3, 0.4) is 0 Å². The SMILES string of the molecule is CCC(NC(=O)Cc1ccc(C(F)(F)F)cc1)C(N)=NO. The first-order valence-electron chi connectivity index (χ1n) is 6.20. The summed E-state index contributed by atoms with van der Waals surface area (Å²) in [5.74, 6) is -0.550. The van der Waals surface area contributed by atoms with Gasteiger partial charge >= 0.3 is 6.18 Å². The van der Waals surface area contributed by atoms with Gasteiger partial charge in [0.15, 0.2) is 5.84 Å². The predicted molar refractivity (Wildman–Crippen MR) is 70.8 cm³/mol. The van der Waals surface area contributed by atoms with Gasteiger partial charge in [0.1, 0.15) is 0 Å². The highest BCUT2D eigenvalue weighted by atomic mass is 19.4. The van der Waals surface area contributed by atoms with Crippen LogP contribution in [0, 0.1) is 0 Å². The van der Waals surface area contributed by atoms with E-state index in [1.807, 2.05) is 0 Å². The Kier molecular flexibility index (Phi) is 5.57. The number of nitrogens with one attached hydrogen (secondary N) is 1. The number of halogens is 3. The van der Waals surface area contributed by atoms with Crippen molar-refractivity contribution in [2.24, 2.45) is 10.9 Å². The molecule has 0 bridgehead atoms. The lowest BCUT2D eigenvalue weighted by molar-refractivity contribution is -0.137. The molecule has 0 fully saturated rings. The van der Waals surface area contributed by atoms with E-state index in [4.69, 9.17) is 10.9 Å². The number of rotatable bonds is 5. The number of oxime groups is 1. The van der Waals surface area contributed by atoms with E-state index < -0.39 is 23.7 Å². The topological polar surface area (TPSA) is 87.7 Å². The molecule has 8 heteroatoms. The Balaban J connectivity index is 2.67. The van der Waals surface area contributed by atoms with Crippen molar-refractivity contribution in [3.63, 3.8) is 0 Å². The van der Waals surface area contributed by atoms with Gasteiger partial charge in [0.2, 0.25) is 5.91 Å². The van der Waals surface area contributed by atoms with E-state index >= 15 is 0 Å². The summed E-state index contributed by atoms with van der Waals surface area (Å²) >= 11 is 0. The Morgan fingerprint density at radius 2 is 1.95 bits per heavy atom. The minimum absolute atomic E-state index is 0.0899. The van der Waals surface area contributed by atoms with Gasteiger partial charge in [-0.25, -0.2) is 0 Å². The summed E-state index contributed by atoms with van der Waals surface area (Å²) in [6, 6.07) is 3.71. The smallest absolute Gasteiger partial charge is 0.409 e. The first kappa shape index (κ1) is 16.8. The van der Waals surface area contributed by atoms with Gasteiger partial charge in [-0.2, -0.15) is 13.2 Å². The lowest BCUT2D eigenvalue weighted by Gasteiger charge is -2.15. The van der Waals surface area contributed by atoms with Crippen molar-refractivity contribution in [3.05, 3.63) is 35.4 Å². The fourth-order valence-corrected chi connectivity index (χ4v) is 1.70. The molecule has 0 saturated carbocycles. The summed E-state index contributed by atoms with van der Waals surface area (Å²) in [6.45, 7) is 1.74. The average molecular weight is 303 g/mol. The zero-order valence-electron chi connectivity index (χ0n) is 11.3. The largest absolute Gasteiger partial charge is 0.416 e. The Labute approximate surface area is 119 Å². The van der Waals surface area contributed by atoms with Crippen LogP contribution in [0.2, 0.25) is 0 Å². The van der Waals surface area contributed by atoms with Crippen molar-refractivity contribution in [1.29, 1.82) is 0 Å². The van der Waals surface area contributed by atoms with Crippen LogP contribution in [0.5, 0.6) is 0 Å². The third-order valence-electron chi connectivity index (χ3n) is 2.86. The van der Waals surface area contributed by atoms with Crippen LogP contribution in [0.4, 0.5) is 13.2 Å². The summed E-state index contributed by atoms with van der Waals surface area (Å²) in [6.07, 6.45) is -4.07. The molecule has 1 amide bonds. The van der Waals surface area contributed by atoms with Gasteiger partial charge in [0.25, 0.3) is 0 Å². The molecule has 1 atom stereocenters. The Morgan fingerprint density at radius 3 is 2.38 bits per heavy atom. The monoisotopic (exact) mass is 303 g/mol. The number of carbonyl (C=O) groups is 1. The summed E-state index contributed by atoms with van der Waals surface area (Å²) in [5.41, 5.74) is 5.07. The van der Waals surface area contributed by atoms with E-state index in [9.17, 15) is 18.0 Å². The Morgan fingerprint density at radius 1 is 1.38 bits per heavy atom. The second-order valence-corrected chi connectivity index (χ2v) is 4.42. The standard InChI is InChI=1S/C13H16F3N3O2/c1-2-10(12(17)19-21)18-11(20)7-8-3-5-9(6-4-8)13(14,15)16/h3-6,10,21H,2,7H2,1H3,(H2,17,19)(H,18,20). The molecule has 4 N–H and O–H groups in total. The molecular formula is C13H16F3N3O2. The number of carbonyl (C=O) groups excluding carboxylic acids is 1. The van der Waals surface area contributed by atoms with Crippen LogP contribution < -0.4 is 11.1 Å². The van der Waals surface area contributed by atoms with Crippen LogP contribution >= 0.6 is 0 Å². The number of hydrogen-bond acceptors (Lipinski definition) is 3. The van der Waals surface area contributed by atoms with Crippen molar-refractivity contribution in [2.45, 2.75) is 32.0 Å². The number of nitrogens with two attached hydrogens (primary N) is 1. The molecule has 1 rings (SSSR count). The van der Waals surface area contributed by atoms with Gasteiger partial charge < -0.3 is 16.3 Å². The van der Waals surface area contributed by atoms with Gasteiger partial charge in [0, 0.05) is 0 Å². The van der Waals surface area contributed by atoms with Crippen molar-refractivity contribution in [1.82, 2.24) is 5.32 Å². The highest BCUT2D eigenvalue weighted by molar-refractivity contribution is 5.90. The summed E-state index contributed by atoms with van der Waals surface area (Å²) in [4.78, 5) is 11.8. The summed E-state index contributed by atoms with van der Waals surface area (Å²) in [7, 11) is 0. The molecule has 0 heterocycles. The minimum atomic E-state index is -4.40. The van der Waals surface area contributed by atoms with Crippen molar-refractivity contribution >= 4 is 11.7 Å². The average Bonchev–Trinajstić information content (AvgIpc) is 2.43. The van der Waals surface area contributed by atoms with Crippen LogP contribution in [0.25, 0.3) is 0 Å². The maximum Gasteiger partial charge on any atom is 0.416 e. The number of amidine groups is 1. The quantitative estimate of drug-likeness (QED) is 0.336.